The molecule has 5 aromatic heterocycles. The number of halogens is 1. The van der Waals surface area contributed by atoms with Crippen molar-refractivity contribution < 1.29 is 4.39 Å². The third kappa shape index (κ3) is 5.71. The Morgan fingerprint density at radius 3 is 2.70 bits per heavy atom. The fourth-order valence-corrected chi connectivity index (χ4v) is 5.87. The van der Waals surface area contributed by atoms with Crippen LogP contribution in [0.2, 0.25) is 0 Å². The van der Waals surface area contributed by atoms with Gasteiger partial charge in [-0.15, -0.1) is 0 Å². The summed E-state index contributed by atoms with van der Waals surface area (Å²) >= 11 is 0. The van der Waals surface area contributed by atoms with Crippen molar-refractivity contribution in [2.75, 3.05) is 45.6 Å². The largest absolute Gasteiger partial charge is 0.384 e. The van der Waals surface area contributed by atoms with E-state index in [-0.39, 0.29) is 5.82 Å². The first kappa shape index (κ1) is 27.2. The number of H-pyrrole nitrogens is 2. The van der Waals surface area contributed by atoms with Crippen molar-refractivity contribution in [1.82, 2.24) is 39.9 Å². The highest BCUT2D eigenvalue weighted by molar-refractivity contribution is 6.00. The van der Waals surface area contributed by atoms with Crippen LogP contribution in [0.1, 0.15) is 18.4 Å². The molecule has 1 aromatic carbocycles. The fourth-order valence-electron chi connectivity index (χ4n) is 5.87. The number of rotatable bonds is 9. The molecule has 3 N–H and O–H groups in total. The number of aromatic nitrogens is 6. The van der Waals surface area contributed by atoms with E-state index >= 15 is 0 Å². The van der Waals surface area contributed by atoms with Crippen molar-refractivity contribution in [3.63, 3.8) is 0 Å². The van der Waals surface area contributed by atoms with E-state index in [0.717, 1.165) is 88.5 Å². The van der Waals surface area contributed by atoms with Gasteiger partial charge in [-0.1, -0.05) is 0 Å². The molecule has 0 amide bonds. The van der Waals surface area contributed by atoms with Crippen LogP contribution in [0.5, 0.6) is 0 Å². The number of nitrogens with zero attached hydrogens (tertiary/aromatic N) is 6. The molecular weight excluding hydrogens is 541 g/mol. The van der Waals surface area contributed by atoms with Crippen molar-refractivity contribution in [2.24, 2.45) is 0 Å². The van der Waals surface area contributed by atoms with Gasteiger partial charge in [0.1, 0.15) is 17.2 Å². The summed E-state index contributed by atoms with van der Waals surface area (Å²) in [5, 5.41) is 12.9. The predicted molar refractivity (Wildman–Crippen MR) is 169 cm³/mol. The molecule has 0 unspecified atom stereocenters. The molecule has 0 radical (unpaired) electrons. The van der Waals surface area contributed by atoms with E-state index in [1.54, 1.807) is 12.3 Å². The summed E-state index contributed by atoms with van der Waals surface area (Å²) in [7, 11) is 4.03. The summed E-state index contributed by atoms with van der Waals surface area (Å²) in [6.45, 7) is 4.76. The minimum Gasteiger partial charge on any atom is -0.384 e. The van der Waals surface area contributed by atoms with E-state index in [2.05, 4.69) is 52.4 Å². The number of likely N-dealkylation sites (tertiary alicyclic amines) is 1. The fraction of sp³-hybridized carbons (Fsp3) is 0.273. The Balaban J connectivity index is 1.22. The Labute approximate surface area is 249 Å². The van der Waals surface area contributed by atoms with E-state index < -0.39 is 0 Å². The molecule has 218 valence electrons. The van der Waals surface area contributed by atoms with Crippen molar-refractivity contribution in [1.29, 1.82) is 0 Å². The smallest absolute Gasteiger partial charge is 0.138 e. The number of fused-ring (bicyclic) bond motifs is 2. The monoisotopic (exact) mass is 575 g/mol. The van der Waals surface area contributed by atoms with Crippen LogP contribution in [0.25, 0.3) is 55.7 Å². The lowest BCUT2D eigenvalue weighted by atomic mass is 10.0. The van der Waals surface area contributed by atoms with Gasteiger partial charge < -0.3 is 15.2 Å². The zero-order valence-corrected chi connectivity index (χ0v) is 24.4. The van der Waals surface area contributed by atoms with Crippen molar-refractivity contribution in [2.45, 2.75) is 19.4 Å². The molecule has 1 aliphatic rings. The minimum atomic E-state index is -0.289. The number of hydrogen-bond donors (Lipinski definition) is 3. The number of nitrogens with one attached hydrogen (secondary N) is 3. The molecule has 7 rings (SSSR count). The number of benzene rings is 1. The molecule has 0 spiro atoms. The van der Waals surface area contributed by atoms with Crippen molar-refractivity contribution in [3.8, 4) is 33.8 Å². The third-order valence-electron chi connectivity index (χ3n) is 8.03. The Kier molecular flexibility index (Phi) is 7.30. The van der Waals surface area contributed by atoms with Crippen LogP contribution in [0, 0.1) is 5.82 Å². The second-order valence-electron chi connectivity index (χ2n) is 11.5. The summed E-state index contributed by atoms with van der Waals surface area (Å²) in [5.74, 6) is -0.289. The molecule has 1 saturated heterocycles. The van der Waals surface area contributed by atoms with Gasteiger partial charge in [0, 0.05) is 60.2 Å². The standard InChI is InChI=1S/C33H34FN9/c1-42(2)10-7-36-25-13-22(12-24(34)14-25)26-5-6-37-33-27(26)15-30(39-33)32-28-16-29(38-19-31(28)40-41-32)23-11-21(17-35-18-23)20-43-8-3-4-9-43/h5-6,11-19,36H,3-4,7-10,20H2,1-2H3,(H,37,39)(H,40,41). The summed E-state index contributed by atoms with van der Waals surface area (Å²) in [6.07, 6.45) is 9.89. The lowest BCUT2D eigenvalue weighted by Gasteiger charge is -2.14. The van der Waals surface area contributed by atoms with Gasteiger partial charge in [-0.2, -0.15) is 5.10 Å². The van der Waals surface area contributed by atoms with Crippen LogP contribution in [0.4, 0.5) is 10.1 Å². The Morgan fingerprint density at radius 1 is 0.953 bits per heavy atom. The lowest BCUT2D eigenvalue weighted by molar-refractivity contribution is 0.331. The van der Waals surface area contributed by atoms with Gasteiger partial charge in [-0.25, -0.2) is 9.37 Å². The van der Waals surface area contributed by atoms with Gasteiger partial charge in [0.05, 0.1) is 23.1 Å². The molecule has 0 aliphatic carbocycles. The second-order valence-corrected chi connectivity index (χ2v) is 11.5. The molecule has 6 aromatic rings. The summed E-state index contributed by atoms with van der Waals surface area (Å²) in [5.41, 5.74) is 8.58. The number of likely N-dealkylation sites (N-methyl/N-ethyl adjacent to an activating group) is 1. The zero-order valence-electron chi connectivity index (χ0n) is 24.4. The summed E-state index contributed by atoms with van der Waals surface area (Å²) < 4.78 is 14.7. The van der Waals surface area contributed by atoms with Crippen molar-refractivity contribution in [3.05, 3.63) is 78.6 Å². The van der Waals surface area contributed by atoms with Gasteiger partial charge in [-0.05, 0) is 99.2 Å². The number of aromatic amines is 2. The molecule has 6 heterocycles. The SMILES string of the molecule is CN(C)CCNc1cc(F)cc(-c2ccnc3[nH]c(-c4n[nH]c5cnc(-c6cncc(CN7CCCC7)c6)cc45)cc23)c1. The van der Waals surface area contributed by atoms with Gasteiger partial charge >= 0.3 is 0 Å². The molecule has 0 atom stereocenters. The quantitative estimate of drug-likeness (QED) is 0.196. The van der Waals surface area contributed by atoms with Crippen LogP contribution in [0.3, 0.4) is 0 Å². The Morgan fingerprint density at radius 2 is 1.84 bits per heavy atom. The highest BCUT2D eigenvalue weighted by atomic mass is 19.1. The first-order valence-corrected chi connectivity index (χ1v) is 14.7. The summed E-state index contributed by atoms with van der Waals surface area (Å²) in [6, 6.07) is 13.3. The topological polar surface area (TPSA) is 102 Å². The van der Waals surface area contributed by atoms with Crippen LogP contribution < -0.4 is 5.32 Å². The zero-order chi connectivity index (χ0) is 29.3. The first-order valence-electron chi connectivity index (χ1n) is 14.7. The third-order valence-corrected chi connectivity index (χ3v) is 8.03. The minimum absolute atomic E-state index is 0.289. The van der Waals surface area contributed by atoms with Crippen LogP contribution in [0.15, 0.2) is 67.3 Å². The molecule has 1 fully saturated rings. The number of hydrogen-bond acceptors (Lipinski definition) is 7. The van der Waals surface area contributed by atoms with Gasteiger partial charge in [-0.3, -0.25) is 20.0 Å². The molecule has 10 heteroatoms. The molecule has 1 aliphatic heterocycles. The molecule has 9 nitrogen and oxygen atoms in total. The van der Waals surface area contributed by atoms with Gasteiger partial charge in [0.2, 0.25) is 0 Å². The Bertz CT molecular complexity index is 1900. The van der Waals surface area contributed by atoms with E-state index in [1.165, 1.54) is 24.5 Å². The molecule has 0 bridgehead atoms. The van der Waals surface area contributed by atoms with E-state index in [0.29, 0.717) is 5.65 Å². The molecule has 0 saturated carbocycles. The first-order chi connectivity index (χ1) is 21.0. The Hall–Kier alpha value is -4.67. The van der Waals surface area contributed by atoms with E-state index in [4.69, 9.17) is 4.98 Å². The predicted octanol–water partition coefficient (Wildman–Crippen LogP) is 5.94. The van der Waals surface area contributed by atoms with Gasteiger partial charge in [0.25, 0.3) is 0 Å². The lowest BCUT2D eigenvalue weighted by Crippen LogP contribution is -2.20. The molecular formula is C33H34FN9. The highest BCUT2D eigenvalue weighted by Crippen LogP contribution is 2.35. The van der Waals surface area contributed by atoms with Gasteiger partial charge in [0.15, 0.2) is 0 Å². The second kappa shape index (κ2) is 11.5. The van der Waals surface area contributed by atoms with Crippen LogP contribution in [-0.4, -0.2) is 80.2 Å². The maximum atomic E-state index is 14.7. The van der Waals surface area contributed by atoms with Crippen LogP contribution in [-0.2, 0) is 6.54 Å². The number of pyridine rings is 3. The maximum Gasteiger partial charge on any atom is 0.138 e. The molecule has 43 heavy (non-hydrogen) atoms. The highest BCUT2D eigenvalue weighted by Gasteiger charge is 2.17. The van der Waals surface area contributed by atoms with Crippen molar-refractivity contribution >= 4 is 27.6 Å². The van der Waals surface area contributed by atoms with E-state index in [1.807, 2.05) is 50.9 Å². The average molecular weight is 576 g/mol. The number of anilines is 1. The van der Waals surface area contributed by atoms with E-state index in [9.17, 15) is 4.39 Å². The summed E-state index contributed by atoms with van der Waals surface area (Å²) in [4.78, 5) is 21.8. The van der Waals surface area contributed by atoms with Crippen LogP contribution >= 0.6 is 0 Å². The maximum absolute atomic E-state index is 14.7. The average Bonchev–Trinajstić information content (AvgIpc) is 3.76. The normalized spacial score (nSPS) is 14.0.